The molecule has 0 saturated carbocycles. The van der Waals surface area contributed by atoms with Crippen LogP contribution < -0.4 is 11.1 Å². The van der Waals surface area contributed by atoms with Crippen LogP contribution in [0.25, 0.3) is 0 Å². The SMILES string of the molecule is CCCC(NC(=O)c1ccccc1)C(=O)C(F)(F)CC=CN. The van der Waals surface area contributed by atoms with Gasteiger partial charge in [-0.25, -0.2) is 0 Å². The molecular weight excluding hydrogens is 290 g/mol. The third-order valence-electron chi connectivity index (χ3n) is 3.11. The Morgan fingerprint density at radius 3 is 2.50 bits per heavy atom. The maximum atomic E-state index is 13.8. The summed E-state index contributed by atoms with van der Waals surface area (Å²) in [5, 5.41) is 2.39. The standard InChI is InChI=1S/C16H20F2N2O2/c1-2-7-13(14(21)16(17,18)10-6-11-19)20-15(22)12-8-4-3-5-9-12/h3-6,8-9,11,13H,2,7,10,19H2,1H3,(H,20,22). The Labute approximate surface area is 128 Å². The Kier molecular flexibility index (Phi) is 6.69. The minimum atomic E-state index is -3.56. The summed E-state index contributed by atoms with van der Waals surface area (Å²) in [6, 6.07) is 6.94. The average molecular weight is 310 g/mol. The second-order valence-electron chi connectivity index (χ2n) is 4.88. The zero-order valence-electron chi connectivity index (χ0n) is 12.4. The van der Waals surface area contributed by atoms with Gasteiger partial charge < -0.3 is 11.1 Å². The highest BCUT2D eigenvalue weighted by atomic mass is 19.3. The number of ketones is 1. The molecule has 1 aromatic rings. The molecular formula is C16H20F2N2O2. The van der Waals surface area contributed by atoms with Crippen molar-refractivity contribution < 1.29 is 18.4 Å². The lowest BCUT2D eigenvalue weighted by Crippen LogP contribution is -2.48. The molecule has 0 saturated heterocycles. The van der Waals surface area contributed by atoms with Crippen LogP contribution in [-0.4, -0.2) is 23.7 Å². The highest BCUT2D eigenvalue weighted by molar-refractivity contribution is 5.99. The van der Waals surface area contributed by atoms with Crippen molar-refractivity contribution in [1.82, 2.24) is 5.32 Å². The van der Waals surface area contributed by atoms with Crippen molar-refractivity contribution in [3.05, 3.63) is 48.2 Å². The number of hydrogen-bond donors (Lipinski definition) is 2. The first-order valence-electron chi connectivity index (χ1n) is 7.07. The molecule has 22 heavy (non-hydrogen) atoms. The van der Waals surface area contributed by atoms with Crippen molar-refractivity contribution >= 4 is 11.7 Å². The molecule has 1 aromatic carbocycles. The molecule has 0 aromatic heterocycles. The minimum absolute atomic E-state index is 0.152. The number of benzene rings is 1. The predicted molar refractivity (Wildman–Crippen MR) is 80.5 cm³/mol. The number of halogens is 2. The highest BCUT2D eigenvalue weighted by Crippen LogP contribution is 2.23. The van der Waals surface area contributed by atoms with Gasteiger partial charge in [0.15, 0.2) is 0 Å². The van der Waals surface area contributed by atoms with E-state index in [1.807, 2.05) is 0 Å². The Morgan fingerprint density at radius 2 is 1.95 bits per heavy atom. The molecule has 3 N–H and O–H groups in total. The van der Waals surface area contributed by atoms with Gasteiger partial charge in [-0.3, -0.25) is 9.59 Å². The van der Waals surface area contributed by atoms with Crippen molar-refractivity contribution in [2.24, 2.45) is 5.73 Å². The fourth-order valence-electron chi connectivity index (χ4n) is 1.96. The maximum absolute atomic E-state index is 13.8. The Morgan fingerprint density at radius 1 is 1.32 bits per heavy atom. The van der Waals surface area contributed by atoms with Gasteiger partial charge in [0.05, 0.1) is 6.04 Å². The molecule has 0 bridgehead atoms. The highest BCUT2D eigenvalue weighted by Gasteiger charge is 2.42. The molecule has 0 heterocycles. The third-order valence-corrected chi connectivity index (χ3v) is 3.11. The lowest BCUT2D eigenvalue weighted by molar-refractivity contribution is -0.144. The summed E-state index contributed by atoms with van der Waals surface area (Å²) >= 11 is 0. The second kappa shape index (κ2) is 8.26. The van der Waals surface area contributed by atoms with Gasteiger partial charge in [-0.2, -0.15) is 8.78 Å². The molecule has 0 aliphatic heterocycles. The minimum Gasteiger partial charge on any atom is -0.405 e. The van der Waals surface area contributed by atoms with Gasteiger partial charge in [0.2, 0.25) is 5.78 Å². The molecule has 1 atom stereocenters. The fourth-order valence-corrected chi connectivity index (χ4v) is 1.96. The van der Waals surface area contributed by atoms with E-state index in [4.69, 9.17) is 5.73 Å². The summed E-state index contributed by atoms with van der Waals surface area (Å²) in [4.78, 5) is 24.0. The van der Waals surface area contributed by atoms with Crippen LogP contribution >= 0.6 is 0 Å². The van der Waals surface area contributed by atoms with Crippen molar-refractivity contribution in [2.75, 3.05) is 0 Å². The van der Waals surface area contributed by atoms with E-state index in [0.717, 1.165) is 12.3 Å². The molecule has 0 fully saturated rings. The number of allylic oxidation sites excluding steroid dienone is 1. The van der Waals surface area contributed by atoms with Gasteiger partial charge in [-0.15, -0.1) is 0 Å². The molecule has 1 unspecified atom stereocenters. The van der Waals surface area contributed by atoms with Gasteiger partial charge in [0, 0.05) is 12.0 Å². The van der Waals surface area contributed by atoms with E-state index in [0.29, 0.717) is 12.0 Å². The largest absolute Gasteiger partial charge is 0.405 e. The molecule has 1 amide bonds. The van der Waals surface area contributed by atoms with Crippen molar-refractivity contribution in [3.8, 4) is 0 Å². The normalized spacial score (nSPS) is 13.0. The molecule has 4 nitrogen and oxygen atoms in total. The Balaban J connectivity index is 2.84. The van der Waals surface area contributed by atoms with E-state index in [2.05, 4.69) is 5.32 Å². The number of nitrogens with two attached hydrogens (primary N) is 1. The van der Waals surface area contributed by atoms with E-state index >= 15 is 0 Å². The zero-order valence-corrected chi connectivity index (χ0v) is 12.4. The molecule has 120 valence electrons. The van der Waals surface area contributed by atoms with Crippen LogP contribution in [-0.2, 0) is 4.79 Å². The number of carbonyl (C=O) groups excluding carboxylic acids is 2. The van der Waals surface area contributed by atoms with Crippen LogP contribution in [0.15, 0.2) is 42.6 Å². The lowest BCUT2D eigenvalue weighted by Gasteiger charge is -2.22. The first-order chi connectivity index (χ1) is 10.4. The number of Topliss-reactive ketones (excluding diaryl/α,β-unsaturated/α-hetero) is 1. The van der Waals surface area contributed by atoms with Gasteiger partial charge in [-0.05, 0) is 24.8 Å². The average Bonchev–Trinajstić information content (AvgIpc) is 2.52. The molecule has 0 aliphatic carbocycles. The summed E-state index contributed by atoms with van der Waals surface area (Å²) in [6.45, 7) is 1.76. The van der Waals surface area contributed by atoms with E-state index < -0.39 is 30.1 Å². The number of nitrogens with one attached hydrogen (secondary N) is 1. The van der Waals surface area contributed by atoms with E-state index in [9.17, 15) is 18.4 Å². The van der Waals surface area contributed by atoms with Crippen molar-refractivity contribution in [1.29, 1.82) is 0 Å². The van der Waals surface area contributed by atoms with Gasteiger partial charge >= 0.3 is 5.92 Å². The van der Waals surface area contributed by atoms with Crippen LogP contribution in [0.5, 0.6) is 0 Å². The van der Waals surface area contributed by atoms with Crippen LogP contribution in [0.1, 0.15) is 36.5 Å². The Bertz CT molecular complexity index is 530. The predicted octanol–water partition coefficient (Wildman–Crippen LogP) is 2.65. The molecule has 0 aliphatic rings. The smallest absolute Gasteiger partial charge is 0.310 e. The van der Waals surface area contributed by atoms with E-state index in [1.165, 1.54) is 0 Å². The van der Waals surface area contributed by atoms with Crippen LogP contribution in [0.4, 0.5) is 8.78 Å². The second-order valence-corrected chi connectivity index (χ2v) is 4.88. The molecule has 1 rings (SSSR count). The van der Waals surface area contributed by atoms with E-state index in [1.54, 1.807) is 37.3 Å². The van der Waals surface area contributed by atoms with Crippen molar-refractivity contribution in [3.63, 3.8) is 0 Å². The number of rotatable bonds is 8. The van der Waals surface area contributed by atoms with Gasteiger partial charge in [0.1, 0.15) is 0 Å². The summed E-state index contributed by atoms with van der Waals surface area (Å²) < 4.78 is 27.6. The van der Waals surface area contributed by atoms with Crippen LogP contribution in [0.2, 0.25) is 0 Å². The lowest BCUT2D eigenvalue weighted by atomic mass is 9.99. The first kappa shape index (κ1) is 17.8. The summed E-state index contributed by atoms with van der Waals surface area (Å²) in [6.07, 6.45) is 1.87. The quantitative estimate of drug-likeness (QED) is 0.775. The van der Waals surface area contributed by atoms with Crippen LogP contribution in [0, 0.1) is 0 Å². The monoisotopic (exact) mass is 310 g/mol. The zero-order chi connectivity index (χ0) is 16.6. The summed E-state index contributed by atoms with van der Waals surface area (Å²) in [5.74, 6) is -5.39. The number of amides is 1. The molecule has 0 radical (unpaired) electrons. The Hall–Kier alpha value is -2.24. The number of hydrogen-bond acceptors (Lipinski definition) is 3. The maximum Gasteiger partial charge on any atom is 0.310 e. The van der Waals surface area contributed by atoms with Crippen LogP contribution in [0.3, 0.4) is 0 Å². The van der Waals surface area contributed by atoms with Gasteiger partial charge in [0.25, 0.3) is 5.91 Å². The number of carbonyl (C=O) groups is 2. The molecule has 6 heteroatoms. The first-order valence-corrected chi connectivity index (χ1v) is 7.07. The van der Waals surface area contributed by atoms with E-state index in [-0.39, 0.29) is 6.42 Å². The third kappa shape index (κ3) is 4.95. The topological polar surface area (TPSA) is 72.2 Å². The fraction of sp³-hybridized carbons (Fsp3) is 0.375. The summed E-state index contributed by atoms with van der Waals surface area (Å²) in [7, 11) is 0. The number of alkyl halides is 2. The van der Waals surface area contributed by atoms with Crippen molar-refractivity contribution in [2.45, 2.75) is 38.2 Å². The summed E-state index contributed by atoms with van der Waals surface area (Å²) in [5.41, 5.74) is 5.35. The molecule has 0 spiro atoms. The van der Waals surface area contributed by atoms with Gasteiger partial charge in [-0.1, -0.05) is 37.6 Å².